The van der Waals surface area contributed by atoms with Gasteiger partial charge >= 0.3 is 0 Å². The molecule has 0 saturated heterocycles. The minimum Gasteiger partial charge on any atom is -0.339 e. The van der Waals surface area contributed by atoms with Gasteiger partial charge in [0, 0.05) is 13.6 Å². The lowest BCUT2D eigenvalue weighted by Crippen LogP contribution is -2.02. The summed E-state index contributed by atoms with van der Waals surface area (Å²) in [6, 6.07) is 6.07. The maximum atomic E-state index is 6.14. The van der Waals surface area contributed by atoms with Crippen molar-refractivity contribution in [2.75, 3.05) is 5.32 Å². The summed E-state index contributed by atoms with van der Waals surface area (Å²) >= 11 is 11.9. The Balaban J connectivity index is 2.37. The first-order valence-corrected chi connectivity index (χ1v) is 8.08. The molecule has 0 spiro atoms. The van der Waals surface area contributed by atoms with E-state index >= 15 is 0 Å². The molecule has 1 aromatic heterocycles. The highest BCUT2D eigenvalue weighted by Crippen LogP contribution is 2.29. The van der Waals surface area contributed by atoms with Gasteiger partial charge in [0.05, 0.1) is 5.69 Å². The van der Waals surface area contributed by atoms with E-state index in [1.807, 2.05) is 18.2 Å². The van der Waals surface area contributed by atoms with Crippen LogP contribution in [0.25, 0.3) is 0 Å². The second-order valence-electron chi connectivity index (χ2n) is 3.99. The molecule has 0 aliphatic rings. The first-order valence-electron chi connectivity index (χ1n) is 5.83. The van der Waals surface area contributed by atoms with Crippen molar-refractivity contribution >= 4 is 61.6 Å². The van der Waals surface area contributed by atoms with Gasteiger partial charge in [-0.3, -0.25) is 0 Å². The lowest BCUT2D eigenvalue weighted by molar-refractivity contribution is 0.904. The van der Waals surface area contributed by atoms with Crippen molar-refractivity contribution in [1.82, 2.24) is 9.97 Å². The van der Waals surface area contributed by atoms with Crippen LogP contribution in [0.1, 0.15) is 18.9 Å². The van der Waals surface area contributed by atoms with Gasteiger partial charge in [-0.1, -0.05) is 40.9 Å². The van der Waals surface area contributed by atoms with Crippen molar-refractivity contribution in [1.29, 1.82) is 0 Å². The average molecular weight is 453 g/mol. The van der Waals surface area contributed by atoms with E-state index in [-0.39, 0.29) is 0 Å². The molecular weight excluding hydrogens is 440 g/mol. The summed E-state index contributed by atoms with van der Waals surface area (Å²) in [5.41, 5.74) is 1.96. The van der Waals surface area contributed by atoms with Crippen LogP contribution in [0.4, 0.5) is 11.5 Å². The zero-order valence-corrected chi connectivity index (χ0v) is 14.8. The Hall–Kier alpha value is -0.400. The summed E-state index contributed by atoms with van der Waals surface area (Å²) in [5.74, 6) is 0.776. The highest BCUT2D eigenvalue weighted by atomic mass is 127. The summed E-state index contributed by atoms with van der Waals surface area (Å²) in [6.07, 6.45) is 3.33. The number of nitrogens with zero attached hydrogens (tertiary/aromatic N) is 2. The van der Waals surface area contributed by atoms with E-state index in [2.05, 4.69) is 60.7 Å². The Labute approximate surface area is 139 Å². The standard InChI is InChI=1S/C13H12BrClIN3/c1-2-3-9-12(15)17-7-18-13(9)19-11-6-8(14)4-5-10(11)16/h4-7H,2-3H2,1H3,(H,17,18,19). The van der Waals surface area contributed by atoms with Crippen molar-refractivity contribution < 1.29 is 0 Å². The molecule has 1 N–H and O–H groups in total. The molecular formula is C13H12BrClIN3. The van der Waals surface area contributed by atoms with Crippen LogP contribution in [-0.2, 0) is 6.42 Å². The molecule has 0 atom stereocenters. The monoisotopic (exact) mass is 451 g/mol. The zero-order valence-electron chi connectivity index (χ0n) is 10.3. The topological polar surface area (TPSA) is 37.8 Å². The summed E-state index contributed by atoms with van der Waals surface area (Å²) in [5, 5.41) is 3.85. The molecule has 0 saturated carbocycles. The zero-order chi connectivity index (χ0) is 13.8. The molecule has 2 rings (SSSR count). The van der Waals surface area contributed by atoms with Gasteiger partial charge in [-0.2, -0.15) is 0 Å². The summed E-state index contributed by atoms with van der Waals surface area (Å²) in [6.45, 7) is 2.11. The maximum absolute atomic E-state index is 6.14. The van der Waals surface area contributed by atoms with E-state index in [1.165, 1.54) is 6.33 Å². The highest BCUT2D eigenvalue weighted by molar-refractivity contribution is 14.1. The number of hydrogen-bond donors (Lipinski definition) is 1. The van der Waals surface area contributed by atoms with E-state index in [4.69, 9.17) is 11.6 Å². The summed E-state index contributed by atoms with van der Waals surface area (Å²) in [7, 11) is 0. The van der Waals surface area contributed by atoms with Crippen molar-refractivity contribution in [2.45, 2.75) is 19.8 Å². The fraction of sp³-hybridized carbons (Fsp3) is 0.231. The maximum Gasteiger partial charge on any atom is 0.138 e. The molecule has 100 valence electrons. The third kappa shape index (κ3) is 3.79. The van der Waals surface area contributed by atoms with E-state index in [1.54, 1.807) is 0 Å². The molecule has 0 radical (unpaired) electrons. The highest BCUT2D eigenvalue weighted by Gasteiger charge is 2.10. The average Bonchev–Trinajstić information content (AvgIpc) is 2.38. The molecule has 0 aliphatic carbocycles. The number of rotatable bonds is 4. The van der Waals surface area contributed by atoms with Crippen LogP contribution in [0.15, 0.2) is 29.0 Å². The van der Waals surface area contributed by atoms with E-state index < -0.39 is 0 Å². The largest absolute Gasteiger partial charge is 0.339 e. The number of nitrogens with one attached hydrogen (secondary N) is 1. The van der Waals surface area contributed by atoms with Gasteiger partial charge < -0.3 is 5.32 Å². The summed E-state index contributed by atoms with van der Waals surface area (Å²) in [4.78, 5) is 8.34. The fourth-order valence-electron chi connectivity index (χ4n) is 1.69. The van der Waals surface area contributed by atoms with Gasteiger partial charge in [-0.25, -0.2) is 9.97 Å². The molecule has 3 nitrogen and oxygen atoms in total. The number of aromatic nitrogens is 2. The summed E-state index contributed by atoms with van der Waals surface area (Å²) < 4.78 is 2.14. The van der Waals surface area contributed by atoms with Crippen LogP contribution in [-0.4, -0.2) is 9.97 Å². The number of hydrogen-bond acceptors (Lipinski definition) is 3. The molecule has 1 aromatic carbocycles. The van der Waals surface area contributed by atoms with Crippen LogP contribution in [0, 0.1) is 3.57 Å². The quantitative estimate of drug-likeness (QED) is 0.512. The van der Waals surface area contributed by atoms with Gasteiger partial charge in [-0.15, -0.1) is 0 Å². The van der Waals surface area contributed by atoms with Gasteiger partial charge in [0.1, 0.15) is 17.3 Å². The number of halogens is 3. The minimum absolute atomic E-state index is 0.518. The second kappa shape index (κ2) is 6.85. The number of anilines is 2. The molecule has 1 heterocycles. The van der Waals surface area contributed by atoms with Gasteiger partial charge in [0.15, 0.2) is 0 Å². The van der Waals surface area contributed by atoms with Gasteiger partial charge in [0.25, 0.3) is 0 Å². The molecule has 0 aliphatic heterocycles. The third-order valence-electron chi connectivity index (χ3n) is 2.57. The fourth-order valence-corrected chi connectivity index (χ4v) is 2.75. The third-order valence-corrected chi connectivity index (χ3v) is 4.33. The van der Waals surface area contributed by atoms with E-state index in [0.29, 0.717) is 5.15 Å². The SMILES string of the molecule is CCCc1c(Cl)ncnc1Nc1cc(Br)ccc1I. The normalized spacial score (nSPS) is 10.5. The molecule has 0 fully saturated rings. The Kier molecular flexibility index (Phi) is 5.41. The predicted molar refractivity (Wildman–Crippen MR) is 91.2 cm³/mol. The first-order chi connectivity index (χ1) is 9.11. The van der Waals surface area contributed by atoms with Crippen LogP contribution < -0.4 is 5.32 Å². The van der Waals surface area contributed by atoms with Gasteiger partial charge in [0.2, 0.25) is 0 Å². The molecule has 0 bridgehead atoms. The molecule has 6 heteroatoms. The molecule has 19 heavy (non-hydrogen) atoms. The van der Waals surface area contributed by atoms with Crippen LogP contribution >= 0.6 is 50.1 Å². The van der Waals surface area contributed by atoms with Crippen LogP contribution in [0.2, 0.25) is 5.15 Å². The van der Waals surface area contributed by atoms with E-state index in [9.17, 15) is 0 Å². The second-order valence-corrected chi connectivity index (χ2v) is 6.43. The lowest BCUT2D eigenvalue weighted by atomic mass is 10.2. The van der Waals surface area contributed by atoms with Crippen molar-refractivity contribution in [3.8, 4) is 0 Å². The Bertz CT molecular complexity index is 592. The Morgan fingerprint density at radius 2 is 2.16 bits per heavy atom. The molecule has 0 amide bonds. The van der Waals surface area contributed by atoms with Gasteiger partial charge in [-0.05, 0) is 47.2 Å². The predicted octanol–water partition coefficient (Wildman–Crippen LogP) is 5.19. The smallest absolute Gasteiger partial charge is 0.138 e. The number of benzene rings is 1. The lowest BCUT2D eigenvalue weighted by Gasteiger charge is -2.12. The molecule has 2 aromatic rings. The minimum atomic E-state index is 0.518. The van der Waals surface area contributed by atoms with Crippen LogP contribution in [0.5, 0.6) is 0 Å². The van der Waals surface area contributed by atoms with E-state index in [0.717, 1.165) is 38.0 Å². The Morgan fingerprint density at radius 3 is 2.89 bits per heavy atom. The Morgan fingerprint density at radius 1 is 1.37 bits per heavy atom. The van der Waals surface area contributed by atoms with Crippen LogP contribution in [0.3, 0.4) is 0 Å². The molecule has 0 unspecified atom stereocenters. The first kappa shape index (κ1) is 15.0. The van der Waals surface area contributed by atoms with Crippen molar-refractivity contribution in [2.24, 2.45) is 0 Å². The van der Waals surface area contributed by atoms with Crippen molar-refractivity contribution in [3.63, 3.8) is 0 Å². The van der Waals surface area contributed by atoms with Crippen molar-refractivity contribution in [3.05, 3.63) is 43.3 Å².